The Bertz CT molecular complexity index is 984. The number of rotatable bonds is 4. The molecule has 2 aliphatic rings. The van der Waals surface area contributed by atoms with Crippen molar-refractivity contribution in [3.63, 3.8) is 0 Å². The Labute approximate surface area is 162 Å². The number of benzene rings is 2. The second-order valence-corrected chi connectivity index (χ2v) is 7.73. The highest BCUT2D eigenvalue weighted by Crippen LogP contribution is 2.34. The number of ether oxygens (including phenoxy) is 1. The number of hydrogen-bond acceptors (Lipinski definition) is 5. The third kappa shape index (κ3) is 3.40. The minimum atomic E-state index is 0.185. The van der Waals surface area contributed by atoms with Crippen LogP contribution in [0.5, 0.6) is 0 Å². The van der Waals surface area contributed by atoms with Crippen LogP contribution in [0.4, 0.5) is 11.4 Å². The van der Waals surface area contributed by atoms with Gasteiger partial charge in [-0.15, -0.1) is 11.3 Å². The van der Waals surface area contributed by atoms with Crippen molar-refractivity contribution in [2.75, 3.05) is 10.6 Å². The van der Waals surface area contributed by atoms with Crippen LogP contribution in [-0.2, 0) is 24.3 Å². The number of aliphatic imine (C=N–C) groups is 1. The predicted molar refractivity (Wildman–Crippen MR) is 109 cm³/mol. The van der Waals surface area contributed by atoms with E-state index in [0.717, 1.165) is 41.3 Å². The lowest BCUT2D eigenvalue weighted by molar-refractivity contribution is 0.282. The maximum atomic E-state index is 5.89. The molecule has 0 spiro atoms. The molecule has 5 rings (SSSR count). The highest BCUT2D eigenvalue weighted by atomic mass is 32.1. The van der Waals surface area contributed by atoms with Crippen LogP contribution < -0.4 is 10.6 Å². The lowest BCUT2D eigenvalue weighted by atomic mass is 10.1. The van der Waals surface area contributed by atoms with Crippen molar-refractivity contribution in [1.82, 2.24) is 4.98 Å². The summed E-state index contributed by atoms with van der Waals surface area (Å²) in [5.41, 5.74) is 5.98. The minimum Gasteiger partial charge on any atom is -0.460 e. The molecule has 1 aromatic heterocycles. The monoisotopic (exact) mass is 376 g/mol. The van der Waals surface area contributed by atoms with E-state index >= 15 is 0 Å². The number of hydrogen-bond donors (Lipinski definition) is 2. The first-order valence-corrected chi connectivity index (χ1v) is 10.0. The molecule has 0 amide bonds. The number of nitrogens with zero attached hydrogens (tertiary/aromatic N) is 2. The smallest absolute Gasteiger partial charge is 0.290 e. The lowest BCUT2D eigenvalue weighted by Gasteiger charge is -2.22. The first kappa shape index (κ1) is 16.3. The van der Waals surface area contributed by atoms with E-state index in [0.29, 0.717) is 12.6 Å². The summed E-state index contributed by atoms with van der Waals surface area (Å²) in [5.74, 6) is 0. The molecule has 1 aliphatic carbocycles. The SMILES string of the molecule is c1ccc2c(c1)CC[C@H]2N=C1Nc2ccc(NCc3nccs3)cc2CO1. The lowest BCUT2D eigenvalue weighted by Crippen LogP contribution is -2.23. The fourth-order valence-electron chi connectivity index (χ4n) is 3.64. The summed E-state index contributed by atoms with van der Waals surface area (Å²) in [6.07, 6.45) is 3.96. The molecular formula is C21H20N4OS. The number of thiazole rings is 1. The van der Waals surface area contributed by atoms with Crippen LogP contribution in [0.15, 0.2) is 59.0 Å². The van der Waals surface area contributed by atoms with Crippen molar-refractivity contribution >= 4 is 28.7 Å². The number of aromatic nitrogens is 1. The molecule has 1 aliphatic heterocycles. The van der Waals surface area contributed by atoms with Crippen LogP contribution in [0, 0.1) is 0 Å². The fraction of sp³-hybridized carbons (Fsp3) is 0.238. The molecule has 0 unspecified atom stereocenters. The van der Waals surface area contributed by atoms with Gasteiger partial charge in [0.15, 0.2) is 0 Å². The highest BCUT2D eigenvalue weighted by Gasteiger charge is 2.23. The third-order valence-corrected chi connectivity index (χ3v) is 5.79. The molecule has 1 atom stereocenters. The van der Waals surface area contributed by atoms with Gasteiger partial charge in [-0.1, -0.05) is 24.3 Å². The number of nitrogens with one attached hydrogen (secondary N) is 2. The van der Waals surface area contributed by atoms with Gasteiger partial charge < -0.3 is 15.4 Å². The van der Waals surface area contributed by atoms with Crippen LogP contribution >= 0.6 is 11.3 Å². The van der Waals surface area contributed by atoms with E-state index < -0.39 is 0 Å². The Kier molecular flexibility index (Phi) is 4.26. The molecule has 2 N–H and O–H groups in total. The van der Waals surface area contributed by atoms with Crippen LogP contribution in [0.3, 0.4) is 0 Å². The van der Waals surface area contributed by atoms with Gasteiger partial charge in [0.25, 0.3) is 6.02 Å². The summed E-state index contributed by atoms with van der Waals surface area (Å²) in [7, 11) is 0. The molecule has 0 bridgehead atoms. The molecule has 0 saturated carbocycles. The number of anilines is 2. The number of fused-ring (bicyclic) bond motifs is 2. The van der Waals surface area contributed by atoms with Gasteiger partial charge in [-0.05, 0) is 42.2 Å². The molecule has 2 aromatic carbocycles. The summed E-state index contributed by atoms with van der Waals surface area (Å²) in [5, 5.41) is 9.82. The summed E-state index contributed by atoms with van der Waals surface area (Å²) in [6, 6.07) is 15.6. The predicted octanol–water partition coefficient (Wildman–Crippen LogP) is 4.74. The van der Waals surface area contributed by atoms with E-state index in [-0.39, 0.29) is 6.04 Å². The molecule has 6 heteroatoms. The largest absolute Gasteiger partial charge is 0.460 e. The van der Waals surface area contributed by atoms with Crippen molar-refractivity contribution in [3.05, 3.63) is 75.7 Å². The van der Waals surface area contributed by atoms with Gasteiger partial charge in [0.1, 0.15) is 11.6 Å². The highest BCUT2D eigenvalue weighted by molar-refractivity contribution is 7.09. The van der Waals surface area contributed by atoms with Gasteiger partial charge >= 0.3 is 0 Å². The van der Waals surface area contributed by atoms with Gasteiger partial charge in [-0.3, -0.25) is 0 Å². The van der Waals surface area contributed by atoms with Gasteiger partial charge in [0, 0.05) is 28.5 Å². The first-order chi connectivity index (χ1) is 13.3. The molecule has 136 valence electrons. The van der Waals surface area contributed by atoms with Crippen LogP contribution in [-0.4, -0.2) is 11.0 Å². The van der Waals surface area contributed by atoms with Crippen molar-refractivity contribution in [2.24, 2.45) is 4.99 Å². The third-order valence-electron chi connectivity index (χ3n) is 5.01. The Morgan fingerprint density at radius 2 is 2.19 bits per heavy atom. The average molecular weight is 376 g/mol. The first-order valence-electron chi connectivity index (χ1n) is 9.16. The topological polar surface area (TPSA) is 58.5 Å². The van der Waals surface area contributed by atoms with Crippen LogP contribution in [0.25, 0.3) is 0 Å². The zero-order valence-electron chi connectivity index (χ0n) is 14.8. The van der Waals surface area contributed by atoms with E-state index in [9.17, 15) is 0 Å². The van der Waals surface area contributed by atoms with Gasteiger partial charge in [-0.25, -0.2) is 9.98 Å². The summed E-state index contributed by atoms with van der Waals surface area (Å²) < 4.78 is 5.89. The van der Waals surface area contributed by atoms with E-state index in [4.69, 9.17) is 9.73 Å². The molecule has 3 aromatic rings. The van der Waals surface area contributed by atoms with Crippen molar-refractivity contribution in [1.29, 1.82) is 0 Å². The molecule has 2 heterocycles. The molecule has 0 fully saturated rings. The molecular weight excluding hydrogens is 356 g/mol. The van der Waals surface area contributed by atoms with Crippen molar-refractivity contribution < 1.29 is 4.74 Å². The standard InChI is InChI=1S/C21H20N4OS/c1-2-4-17-14(3-1)5-7-19(17)25-21-24-18-8-6-16(11-15(18)13-26-21)23-12-20-22-9-10-27-20/h1-4,6,8-11,19,23H,5,7,12-13H2,(H,24,25)/t19-/m1/s1. The number of amidine groups is 1. The second-order valence-electron chi connectivity index (χ2n) is 6.75. The maximum absolute atomic E-state index is 5.89. The Hall–Kier alpha value is -2.86. The van der Waals surface area contributed by atoms with Crippen molar-refractivity contribution in [3.8, 4) is 0 Å². The molecule has 0 saturated heterocycles. The minimum absolute atomic E-state index is 0.185. The quantitative estimate of drug-likeness (QED) is 0.690. The number of aryl methyl sites for hydroxylation is 1. The van der Waals surface area contributed by atoms with E-state index in [1.165, 1.54) is 11.1 Å². The second kappa shape index (κ2) is 7.04. The van der Waals surface area contributed by atoms with E-state index in [1.54, 1.807) is 11.3 Å². The van der Waals surface area contributed by atoms with Gasteiger partial charge in [-0.2, -0.15) is 0 Å². The Morgan fingerprint density at radius 3 is 3.11 bits per heavy atom. The van der Waals surface area contributed by atoms with Gasteiger partial charge in [0.05, 0.1) is 12.6 Å². The van der Waals surface area contributed by atoms with Crippen LogP contribution in [0.1, 0.15) is 34.2 Å². The summed E-state index contributed by atoms with van der Waals surface area (Å²) in [6.45, 7) is 1.26. The fourth-order valence-corrected chi connectivity index (χ4v) is 4.20. The van der Waals surface area contributed by atoms with E-state index in [1.807, 2.05) is 11.6 Å². The zero-order valence-corrected chi connectivity index (χ0v) is 15.6. The Morgan fingerprint density at radius 1 is 1.22 bits per heavy atom. The summed E-state index contributed by atoms with van der Waals surface area (Å²) >= 11 is 1.65. The Balaban J connectivity index is 1.29. The van der Waals surface area contributed by atoms with E-state index in [2.05, 4.69) is 58.1 Å². The van der Waals surface area contributed by atoms with Crippen molar-refractivity contribution in [2.45, 2.75) is 32.0 Å². The maximum Gasteiger partial charge on any atom is 0.290 e. The zero-order chi connectivity index (χ0) is 18.1. The summed E-state index contributed by atoms with van der Waals surface area (Å²) in [4.78, 5) is 9.13. The average Bonchev–Trinajstić information content (AvgIpc) is 3.37. The molecule has 5 nitrogen and oxygen atoms in total. The molecule has 27 heavy (non-hydrogen) atoms. The normalized spacial score (nSPS) is 19.1. The van der Waals surface area contributed by atoms with Crippen LogP contribution in [0.2, 0.25) is 0 Å². The molecule has 0 radical (unpaired) electrons. The van der Waals surface area contributed by atoms with Gasteiger partial charge in [0.2, 0.25) is 0 Å².